The molecule has 0 bridgehead atoms. The van der Waals surface area contributed by atoms with Gasteiger partial charge >= 0.3 is 0 Å². The van der Waals surface area contributed by atoms with Gasteiger partial charge in [-0.3, -0.25) is 4.99 Å². The molecule has 1 rings (SSSR count). The Labute approximate surface area is 121 Å². The van der Waals surface area contributed by atoms with E-state index in [4.69, 9.17) is 4.99 Å². The Hall–Kier alpha value is -0.373. The van der Waals surface area contributed by atoms with Crippen molar-refractivity contribution in [3.05, 3.63) is 12.2 Å². The average molecular weight is 280 g/mol. The molecule has 1 heterocycles. The van der Waals surface area contributed by atoms with Crippen LogP contribution in [0.5, 0.6) is 0 Å². The number of hydrogen-bond acceptors (Lipinski definition) is 1. The van der Waals surface area contributed by atoms with E-state index in [1.165, 1.54) is 62.3 Å². The Kier molecular flexibility index (Phi) is 7.05. The molecule has 19 heavy (non-hydrogen) atoms. The van der Waals surface area contributed by atoms with Crippen molar-refractivity contribution in [3.63, 3.8) is 0 Å². The molecule has 0 unspecified atom stereocenters. The second-order valence-electron chi connectivity index (χ2n) is 7.39. The lowest BCUT2D eigenvalue weighted by atomic mass is 9.96. The van der Waals surface area contributed by atoms with Crippen molar-refractivity contribution in [1.82, 2.24) is 0 Å². The van der Waals surface area contributed by atoms with Crippen LogP contribution in [0.4, 0.5) is 0 Å². The fraction of sp³-hybridized carbons (Fsp3) is 0.824. The maximum Gasteiger partial charge on any atom is 0.0535 e. The van der Waals surface area contributed by atoms with Crippen LogP contribution in [0, 0.1) is 0 Å². The van der Waals surface area contributed by atoms with Gasteiger partial charge in [0.05, 0.1) is 6.04 Å². The fourth-order valence-corrected chi connectivity index (χ4v) is 4.65. The topological polar surface area (TPSA) is 12.4 Å². The lowest BCUT2D eigenvalue weighted by Crippen LogP contribution is -2.22. The molecule has 0 N–H and O–H groups in total. The van der Waals surface area contributed by atoms with E-state index in [1.807, 2.05) is 0 Å². The van der Waals surface area contributed by atoms with Gasteiger partial charge in [-0.25, -0.2) is 0 Å². The van der Waals surface area contributed by atoms with Gasteiger partial charge < -0.3 is 0 Å². The number of hydrogen-bond donors (Lipinski definition) is 0. The molecule has 2 heteroatoms. The van der Waals surface area contributed by atoms with Gasteiger partial charge in [0.2, 0.25) is 0 Å². The summed E-state index contributed by atoms with van der Waals surface area (Å²) in [4.78, 5) is 4.99. The lowest BCUT2D eigenvalue weighted by molar-refractivity contribution is 0.556. The van der Waals surface area contributed by atoms with Crippen LogP contribution in [0.2, 0.25) is 25.7 Å². The highest BCUT2D eigenvalue weighted by Gasteiger charge is 2.19. The molecule has 110 valence electrons. The SMILES string of the molecule is C=C(C[C@@H]1CCCC(CCCCC)=N1)C[Si](C)(C)C. The molecular formula is C17H33NSi. The van der Waals surface area contributed by atoms with Crippen molar-refractivity contribution in [1.29, 1.82) is 0 Å². The maximum absolute atomic E-state index is 4.99. The average Bonchev–Trinajstić information content (AvgIpc) is 2.27. The van der Waals surface area contributed by atoms with Crippen LogP contribution in [-0.2, 0) is 0 Å². The van der Waals surface area contributed by atoms with Crippen molar-refractivity contribution < 1.29 is 0 Å². The van der Waals surface area contributed by atoms with Crippen LogP contribution >= 0.6 is 0 Å². The molecule has 0 saturated carbocycles. The van der Waals surface area contributed by atoms with Gasteiger partial charge in [0.25, 0.3) is 0 Å². The third-order valence-electron chi connectivity index (χ3n) is 3.74. The number of aliphatic imine (C=N–C) groups is 1. The third-order valence-corrected chi connectivity index (χ3v) is 5.30. The molecule has 0 aromatic rings. The van der Waals surface area contributed by atoms with E-state index in [9.17, 15) is 0 Å². The van der Waals surface area contributed by atoms with E-state index in [2.05, 4.69) is 33.1 Å². The molecule has 0 aromatic heterocycles. The predicted octanol–water partition coefficient (Wildman–Crippen LogP) is 5.84. The van der Waals surface area contributed by atoms with Gasteiger partial charge in [-0.1, -0.05) is 45.0 Å². The molecule has 0 aliphatic carbocycles. The van der Waals surface area contributed by atoms with Crippen LogP contribution in [0.3, 0.4) is 0 Å². The lowest BCUT2D eigenvalue weighted by Gasteiger charge is -2.24. The monoisotopic (exact) mass is 279 g/mol. The zero-order valence-electron chi connectivity index (χ0n) is 13.6. The van der Waals surface area contributed by atoms with Gasteiger partial charge in [-0.05, 0) is 44.6 Å². The highest BCUT2D eigenvalue weighted by molar-refractivity contribution is 6.76. The van der Waals surface area contributed by atoms with Crippen LogP contribution in [0.15, 0.2) is 17.1 Å². The molecule has 0 saturated heterocycles. The molecule has 1 aliphatic heterocycles. The first kappa shape index (κ1) is 16.7. The largest absolute Gasteiger partial charge is 0.290 e. The fourth-order valence-electron chi connectivity index (χ4n) is 3.00. The second-order valence-corrected chi connectivity index (χ2v) is 12.9. The van der Waals surface area contributed by atoms with E-state index in [0.29, 0.717) is 6.04 Å². The molecule has 0 fully saturated rings. The predicted molar refractivity (Wildman–Crippen MR) is 91.1 cm³/mol. The minimum atomic E-state index is -0.996. The van der Waals surface area contributed by atoms with Crippen molar-refractivity contribution in [2.45, 2.75) is 90.0 Å². The Morgan fingerprint density at radius 3 is 2.68 bits per heavy atom. The first-order valence-electron chi connectivity index (χ1n) is 8.13. The second kappa shape index (κ2) is 8.03. The Morgan fingerprint density at radius 1 is 1.32 bits per heavy atom. The van der Waals surface area contributed by atoms with Crippen LogP contribution in [0.25, 0.3) is 0 Å². The minimum absolute atomic E-state index is 0.550. The summed E-state index contributed by atoms with van der Waals surface area (Å²) in [7, 11) is -0.996. The third kappa shape index (κ3) is 7.71. The highest BCUT2D eigenvalue weighted by Crippen LogP contribution is 2.25. The first-order chi connectivity index (χ1) is 8.90. The summed E-state index contributed by atoms with van der Waals surface area (Å²) in [5.74, 6) is 0. The van der Waals surface area contributed by atoms with E-state index in [0.717, 1.165) is 6.42 Å². The minimum Gasteiger partial charge on any atom is -0.290 e. The van der Waals surface area contributed by atoms with E-state index in [1.54, 1.807) is 0 Å². The van der Waals surface area contributed by atoms with Crippen molar-refractivity contribution in [2.75, 3.05) is 0 Å². The Bertz CT molecular complexity index is 312. The number of rotatable bonds is 8. The summed E-state index contributed by atoms with van der Waals surface area (Å²) in [6.07, 6.45) is 10.2. The Balaban J connectivity index is 2.40. The summed E-state index contributed by atoms with van der Waals surface area (Å²) in [6.45, 7) is 13.9. The number of unbranched alkanes of at least 4 members (excludes halogenated alkanes) is 2. The summed E-state index contributed by atoms with van der Waals surface area (Å²) >= 11 is 0. The maximum atomic E-state index is 4.99. The first-order valence-corrected chi connectivity index (χ1v) is 11.8. The summed E-state index contributed by atoms with van der Waals surface area (Å²) in [5, 5.41) is 0. The zero-order valence-corrected chi connectivity index (χ0v) is 14.6. The molecular weight excluding hydrogens is 246 g/mol. The van der Waals surface area contributed by atoms with Crippen LogP contribution in [-0.4, -0.2) is 19.8 Å². The Morgan fingerprint density at radius 2 is 2.05 bits per heavy atom. The quantitative estimate of drug-likeness (QED) is 0.300. The van der Waals surface area contributed by atoms with E-state index >= 15 is 0 Å². The van der Waals surface area contributed by atoms with Gasteiger partial charge in [0.1, 0.15) is 0 Å². The highest BCUT2D eigenvalue weighted by atomic mass is 28.3. The molecule has 0 spiro atoms. The standard InChI is InChI=1S/C17H33NSi/c1-6-7-8-10-16-11-9-12-17(18-16)13-15(2)14-19(3,4)5/h17H,2,6-14H2,1,3-5H3/t17-/m0/s1. The summed E-state index contributed by atoms with van der Waals surface area (Å²) in [5.41, 5.74) is 2.94. The zero-order chi connectivity index (χ0) is 14.3. The summed E-state index contributed by atoms with van der Waals surface area (Å²) < 4.78 is 0. The molecule has 0 amide bonds. The van der Waals surface area contributed by atoms with Crippen LogP contribution in [0.1, 0.15) is 58.3 Å². The van der Waals surface area contributed by atoms with Crippen molar-refractivity contribution in [3.8, 4) is 0 Å². The van der Waals surface area contributed by atoms with E-state index < -0.39 is 8.07 Å². The van der Waals surface area contributed by atoms with Crippen LogP contribution < -0.4 is 0 Å². The van der Waals surface area contributed by atoms with Gasteiger partial charge in [0, 0.05) is 13.8 Å². The van der Waals surface area contributed by atoms with E-state index in [-0.39, 0.29) is 0 Å². The molecule has 0 aromatic carbocycles. The molecule has 1 atom stereocenters. The van der Waals surface area contributed by atoms with Crippen molar-refractivity contribution in [2.24, 2.45) is 4.99 Å². The molecule has 0 radical (unpaired) electrons. The molecule has 1 aliphatic rings. The van der Waals surface area contributed by atoms with Gasteiger partial charge in [-0.2, -0.15) is 0 Å². The normalized spacial score (nSPS) is 20.2. The number of nitrogens with zero attached hydrogens (tertiary/aromatic N) is 1. The molecule has 1 nitrogen and oxygen atoms in total. The smallest absolute Gasteiger partial charge is 0.0535 e. The van der Waals surface area contributed by atoms with Crippen molar-refractivity contribution >= 4 is 13.8 Å². The van der Waals surface area contributed by atoms with Gasteiger partial charge in [0.15, 0.2) is 0 Å². The summed E-state index contributed by atoms with van der Waals surface area (Å²) in [6, 6.07) is 1.82. The van der Waals surface area contributed by atoms with Gasteiger partial charge in [-0.15, -0.1) is 6.58 Å².